The lowest BCUT2D eigenvalue weighted by Crippen LogP contribution is -2.24. The second-order valence-corrected chi connectivity index (χ2v) is 7.22. The second-order valence-electron chi connectivity index (χ2n) is 7.22. The zero-order valence-corrected chi connectivity index (χ0v) is 18.1. The molecule has 0 aliphatic carbocycles. The number of nitrogens with one attached hydrogen (secondary N) is 1. The number of nitrogens with zero attached hydrogens (tertiary/aromatic N) is 2. The first-order valence-corrected chi connectivity index (χ1v) is 10.1. The quantitative estimate of drug-likeness (QED) is 0.440. The molecule has 4 aromatic rings. The van der Waals surface area contributed by atoms with Crippen molar-refractivity contribution in [3.05, 3.63) is 94.5 Å². The minimum Gasteiger partial charge on any atom is -0.497 e. The molecular weight excluding hydrogens is 422 g/mol. The van der Waals surface area contributed by atoms with Crippen LogP contribution in [-0.2, 0) is 11.3 Å². The van der Waals surface area contributed by atoms with Gasteiger partial charge in [0.15, 0.2) is 5.78 Å². The Kier molecular flexibility index (Phi) is 6.17. The lowest BCUT2D eigenvalue weighted by atomic mass is 10.0. The van der Waals surface area contributed by atoms with Gasteiger partial charge in [-0.05, 0) is 48.5 Å². The van der Waals surface area contributed by atoms with Gasteiger partial charge in [-0.3, -0.25) is 19.4 Å². The molecule has 0 saturated heterocycles. The number of ketones is 1. The number of hydrogen-bond acceptors (Lipinski definition) is 6. The summed E-state index contributed by atoms with van der Waals surface area (Å²) in [5.74, 6) is 0.435. The van der Waals surface area contributed by atoms with Crippen molar-refractivity contribution < 1.29 is 19.1 Å². The van der Waals surface area contributed by atoms with E-state index in [4.69, 9.17) is 9.47 Å². The molecule has 0 aliphatic rings. The first-order chi connectivity index (χ1) is 16.0. The maximum Gasteiger partial charge on any atom is 0.244 e. The number of amides is 1. The minimum absolute atomic E-state index is 0.0314. The number of methoxy groups -OCH3 is 2. The molecule has 166 valence electrons. The average Bonchev–Trinajstić information content (AvgIpc) is 2.86. The molecule has 0 atom stereocenters. The molecule has 0 fully saturated rings. The fourth-order valence-electron chi connectivity index (χ4n) is 3.48. The van der Waals surface area contributed by atoms with Gasteiger partial charge in [0.2, 0.25) is 11.3 Å². The number of pyridine rings is 2. The molecule has 0 radical (unpaired) electrons. The summed E-state index contributed by atoms with van der Waals surface area (Å²) in [4.78, 5) is 42.9. The van der Waals surface area contributed by atoms with E-state index < -0.39 is 11.2 Å². The van der Waals surface area contributed by atoms with Crippen LogP contribution in [-0.4, -0.2) is 35.5 Å². The summed E-state index contributed by atoms with van der Waals surface area (Å²) >= 11 is 0. The summed E-state index contributed by atoms with van der Waals surface area (Å²) in [6, 6.07) is 14.9. The third-order valence-electron chi connectivity index (χ3n) is 5.16. The Bertz CT molecular complexity index is 1380. The number of rotatable bonds is 7. The van der Waals surface area contributed by atoms with Gasteiger partial charge in [-0.2, -0.15) is 0 Å². The van der Waals surface area contributed by atoms with Gasteiger partial charge in [-0.15, -0.1) is 0 Å². The Hall–Kier alpha value is -4.46. The first-order valence-electron chi connectivity index (χ1n) is 10.1. The van der Waals surface area contributed by atoms with E-state index >= 15 is 0 Å². The van der Waals surface area contributed by atoms with Crippen molar-refractivity contribution >= 4 is 28.3 Å². The number of carbonyl (C=O) groups is 2. The van der Waals surface area contributed by atoms with Gasteiger partial charge in [0, 0.05) is 41.3 Å². The predicted octanol–water partition coefficient (Wildman–Crippen LogP) is 3.28. The predicted molar refractivity (Wildman–Crippen MR) is 124 cm³/mol. The van der Waals surface area contributed by atoms with E-state index in [1.54, 1.807) is 66.3 Å². The number of benzene rings is 2. The Morgan fingerprint density at radius 2 is 1.61 bits per heavy atom. The van der Waals surface area contributed by atoms with Crippen LogP contribution >= 0.6 is 0 Å². The smallest absolute Gasteiger partial charge is 0.244 e. The van der Waals surface area contributed by atoms with Crippen LogP contribution in [0.2, 0.25) is 0 Å². The van der Waals surface area contributed by atoms with Crippen molar-refractivity contribution in [3.8, 4) is 11.5 Å². The second kappa shape index (κ2) is 9.35. The highest BCUT2D eigenvalue weighted by Gasteiger charge is 2.18. The largest absolute Gasteiger partial charge is 0.497 e. The summed E-state index contributed by atoms with van der Waals surface area (Å²) < 4.78 is 12.0. The summed E-state index contributed by atoms with van der Waals surface area (Å²) in [6.07, 6.45) is 4.39. The Morgan fingerprint density at radius 1 is 0.939 bits per heavy atom. The third-order valence-corrected chi connectivity index (χ3v) is 5.16. The molecule has 33 heavy (non-hydrogen) atoms. The number of hydrogen-bond donors (Lipinski definition) is 1. The monoisotopic (exact) mass is 443 g/mol. The van der Waals surface area contributed by atoms with Crippen LogP contribution < -0.4 is 20.2 Å². The molecule has 1 N–H and O–H groups in total. The zero-order chi connectivity index (χ0) is 23.4. The first kappa shape index (κ1) is 21.8. The van der Waals surface area contributed by atoms with Crippen molar-refractivity contribution in [2.45, 2.75) is 6.54 Å². The van der Waals surface area contributed by atoms with Gasteiger partial charge in [0.25, 0.3) is 0 Å². The maximum atomic E-state index is 13.1. The molecule has 2 heterocycles. The Balaban J connectivity index is 1.74. The molecular formula is C25H21N3O5. The SMILES string of the molecule is COc1ccc(NC(=O)Cn2cc(C(=O)c3ccncc3)c(=O)c3ccc(OC)cc32)cc1. The van der Waals surface area contributed by atoms with Gasteiger partial charge in [-0.25, -0.2) is 0 Å². The van der Waals surface area contributed by atoms with E-state index in [0.717, 1.165) is 0 Å². The molecule has 1 amide bonds. The topological polar surface area (TPSA) is 99.5 Å². The highest BCUT2D eigenvalue weighted by atomic mass is 16.5. The lowest BCUT2D eigenvalue weighted by Gasteiger charge is -2.14. The van der Waals surface area contributed by atoms with Crippen LogP contribution in [0.3, 0.4) is 0 Å². The van der Waals surface area contributed by atoms with Crippen molar-refractivity contribution in [3.63, 3.8) is 0 Å². The molecule has 0 aliphatic heterocycles. The molecule has 0 bridgehead atoms. The van der Waals surface area contributed by atoms with E-state index in [2.05, 4.69) is 10.3 Å². The molecule has 0 unspecified atom stereocenters. The maximum absolute atomic E-state index is 13.1. The fourth-order valence-corrected chi connectivity index (χ4v) is 3.48. The summed E-state index contributed by atoms with van der Waals surface area (Å²) in [5.41, 5.74) is 0.967. The molecule has 8 heteroatoms. The number of fused-ring (bicyclic) bond motifs is 1. The number of aromatic nitrogens is 2. The molecule has 0 spiro atoms. The molecule has 2 aromatic carbocycles. The van der Waals surface area contributed by atoms with Crippen LogP contribution in [0.5, 0.6) is 11.5 Å². The van der Waals surface area contributed by atoms with Crippen LogP contribution in [0.25, 0.3) is 10.9 Å². The van der Waals surface area contributed by atoms with E-state index in [-0.39, 0.29) is 18.0 Å². The van der Waals surface area contributed by atoms with E-state index in [9.17, 15) is 14.4 Å². The zero-order valence-electron chi connectivity index (χ0n) is 18.1. The summed E-state index contributed by atoms with van der Waals surface area (Å²) in [5, 5.41) is 3.13. The number of anilines is 1. The molecule has 0 saturated carbocycles. The highest BCUT2D eigenvalue weighted by Crippen LogP contribution is 2.21. The van der Waals surface area contributed by atoms with Crippen molar-refractivity contribution in [1.82, 2.24) is 9.55 Å². The number of ether oxygens (including phenoxy) is 2. The van der Waals surface area contributed by atoms with Gasteiger partial charge in [0.05, 0.1) is 25.3 Å². The van der Waals surface area contributed by atoms with Crippen molar-refractivity contribution in [1.29, 1.82) is 0 Å². The van der Waals surface area contributed by atoms with Crippen LogP contribution in [0.4, 0.5) is 5.69 Å². The van der Waals surface area contributed by atoms with Crippen LogP contribution in [0.15, 0.2) is 78.0 Å². The molecule has 8 nitrogen and oxygen atoms in total. The van der Waals surface area contributed by atoms with Crippen LogP contribution in [0.1, 0.15) is 15.9 Å². The van der Waals surface area contributed by atoms with Crippen molar-refractivity contribution in [2.24, 2.45) is 0 Å². The van der Waals surface area contributed by atoms with E-state index in [0.29, 0.717) is 33.7 Å². The van der Waals surface area contributed by atoms with E-state index in [1.807, 2.05) is 0 Å². The molecule has 4 rings (SSSR count). The standard InChI is InChI=1S/C25H21N3O5/c1-32-18-5-3-17(4-6-18)27-23(29)15-28-14-21(24(30)16-9-11-26-12-10-16)25(31)20-8-7-19(33-2)13-22(20)28/h3-14H,15H2,1-2H3,(H,27,29). The lowest BCUT2D eigenvalue weighted by molar-refractivity contribution is -0.116. The van der Waals surface area contributed by atoms with Gasteiger partial charge < -0.3 is 19.4 Å². The average molecular weight is 443 g/mol. The number of carbonyl (C=O) groups excluding carboxylic acids is 2. The van der Waals surface area contributed by atoms with E-state index in [1.165, 1.54) is 25.7 Å². The summed E-state index contributed by atoms with van der Waals surface area (Å²) in [6.45, 7) is -0.118. The van der Waals surface area contributed by atoms with Crippen molar-refractivity contribution in [2.75, 3.05) is 19.5 Å². The molecule has 2 aromatic heterocycles. The fraction of sp³-hybridized carbons (Fsp3) is 0.120. The third kappa shape index (κ3) is 4.59. The van der Waals surface area contributed by atoms with Gasteiger partial charge in [-0.1, -0.05) is 0 Å². The summed E-state index contributed by atoms with van der Waals surface area (Å²) in [7, 11) is 3.08. The Morgan fingerprint density at radius 3 is 2.27 bits per heavy atom. The van der Waals surface area contributed by atoms with Crippen LogP contribution in [0, 0.1) is 0 Å². The van der Waals surface area contributed by atoms with Gasteiger partial charge in [0.1, 0.15) is 18.0 Å². The highest BCUT2D eigenvalue weighted by molar-refractivity contribution is 6.10. The Labute approximate surface area is 189 Å². The normalized spacial score (nSPS) is 10.6. The minimum atomic E-state index is -0.440. The van der Waals surface area contributed by atoms with Gasteiger partial charge >= 0.3 is 0 Å².